The van der Waals surface area contributed by atoms with Crippen molar-refractivity contribution in [1.29, 1.82) is 0 Å². The van der Waals surface area contributed by atoms with E-state index in [1.165, 1.54) is 11.1 Å². The average Bonchev–Trinajstić information content (AvgIpc) is 3.04. The number of anilines is 2. The predicted octanol–water partition coefficient (Wildman–Crippen LogP) is 4.85. The minimum atomic E-state index is -0.00374. The van der Waals surface area contributed by atoms with Crippen molar-refractivity contribution in [2.24, 2.45) is 0 Å². The lowest BCUT2D eigenvalue weighted by Gasteiger charge is -2.23. The van der Waals surface area contributed by atoms with Crippen LogP contribution in [-0.2, 0) is 6.42 Å². The number of nitrogens with zero attached hydrogens (tertiary/aromatic N) is 2. The molecule has 4 nitrogen and oxygen atoms in total. The van der Waals surface area contributed by atoms with Gasteiger partial charge in [-0.2, -0.15) is 0 Å². The molecule has 1 aliphatic heterocycles. The number of carbonyl (C=O) groups excluding carboxylic acids is 1. The van der Waals surface area contributed by atoms with Gasteiger partial charge in [0.05, 0.1) is 11.3 Å². The van der Waals surface area contributed by atoms with E-state index in [0.717, 1.165) is 17.8 Å². The SMILES string of the molecule is CC(Nc1cncc(C(=O)N2c3ccccc3CC2C)c1)c1ccccc1. The molecular formula is C23H23N3O. The Morgan fingerprint density at radius 2 is 1.85 bits per heavy atom. The van der Waals surface area contributed by atoms with Gasteiger partial charge in [-0.15, -0.1) is 0 Å². The molecule has 2 unspecified atom stereocenters. The molecule has 4 heteroatoms. The van der Waals surface area contributed by atoms with E-state index in [4.69, 9.17) is 0 Å². The van der Waals surface area contributed by atoms with Crippen molar-refractivity contribution in [3.8, 4) is 0 Å². The molecule has 2 heterocycles. The molecule has 0 radical (unpaired) electrons. The van der Waals surface area contributed by atoms with Gasteiger partial charge in [0, 0.05) is 30.2 Å². The summed E-state index contributed by atoms with van der Waals surface area (Å²) >= 11 is 0. The third-order valence-corrected chi connectivity index (χ3v) is 5.09. The van der Waals surface area contributed by atoms with E-state index in [1.807, 2.05) is 47.4 Å². The fraction of sp³-hybridized carbons (Fsp3) is 0.217. The molecule has 0 fully saturated rings. The van der Waals surface area contributed by atoms with E-state index in [9.17, 15) is 4.79 Å². The van der Waals surface area contributed by atoms with E-state index >= 15 is 0 Å². The molecule has 0 spiro atoms. The summed E-state index contributed by atoms with van der Waals surface area (Å²) in [5.74, 6) is -0.00374. The van der Waals surface area contributed by atoms with Gasteiger partial charge < -0.3 is 10.2 Å². The molecule has 2 atom stereocenters. The van der Waals surface area contributed by atoms with E-state index < -0.39 is 0 Å². The summed E-state index contributed by atoms with van der Waals surface area (Å²) in [5.41, 5.74) is 4.86. The number of hydrogen-bond donors (Lipinski definition) is 1. The number of amides is 1. The molecule has 136 valence electrons. The zero-order chi connectivity index (χ0) is 18.8. The Kier molecular flexibility index (Phi) is 4.63. The lowest BCUT2D eigenvalue weighted by molar-refractivity contribution is 0.0981. The minimum absolute atomic E-state index is 0.00374. The van der Waals surface area contributed by atoms with Gasteiger partial charge in [0.1, 0.15) is 0 Å². The van der Waals surface area contributed by atoms with Crippen LogP contribution < -0.4 is 10.2 Å². The van der Waals surface area contributed by atoms with Crippen LogP contribution in [-0.4, -0.2) is 16.9 Å². The Labute approximate surface area is 159 Å². The van der Waals surface area contributed by atoms with Gasteiger partial charge in [-0.05, 0) is 43.5 Å². The summed E-state index contributed by atoms with van der Waals surface area (Å²) in [5, 5.41) is 3.44. The predicted molar refractivity (Wildman–Crippen MR) is 109 cm³/mol. The molecule has 4 rings (SSSR count). The van der Waals surface area contributed by atoms with Crippen LogP contribution in [0.15, 0.2) is 73.1 Å². The molecular weight excluding hydrogens is 334 g/mol. The number of hydrogen-bond acceptors (Lipinski definition) is 3. The second-order valence-electron chi connectivity index (χ2n) is 7.10. The van der Waals surface area contributed by atoms with Crippen molar-refractivity contribution in [1.82, 2.24) is 4.98 Å². The maximum Gasteiger partial charge on any atom is 0.260 e. The summed E-state index contributed by atoms with van der Waals surface area (Å²) in [6.45, 7) is 4.19. The summed E-state index contributed by atoms with van der Waals surface area (Å²) in [7, 11) is 0. The van der Waals surface area contributed by atoms with Crippen LogP contribution in [0.5, 0.6) is 0 Å². The summed E-state index contributed by atoms with van der Waals surface area (Å²) < 4.78 is 0. The molecule has 1 aromatic heterocycles. The molecule has 0 saturated heterocycles. The molecule has 2 aromatic carbocycles. The molecule has 3 aromatic rings. The van der Waals surface area contributed by atoms with E-state index in [2.05, 4.69) is 42.3 Å². The molecule has 0 bridgehead atoms. The van der Waals surface area contributed by atoms with Gasteiger partial charge in [-0.3, -0.25) is 9.78 Å². The smallest absolute Gasteiger partial charge is 0.260 e. The second kappa shape index (κ2) is 7.23. The van der Waals surface area contributed by atoms with Crippen LogP contribution in [0.25, 0.3) is 0 Å². The quantitative estimate of drug-likeness (QED) is 0.726. The Morgan fingerprint density at radius 1 is 1.11 bits per heavy atom. The Hall–Kier alpha value is -3.14. The molecule has 27 heavy (non-hydrogen) atoms. The van der Waals surface area contributed by atoms with Gasteiger partial charge in [-0.1, -0.05) is 48.5 Å². The molecule has 1 N–H and O–H groups in total. The normalized spacial score (nSPS) is 16.7. The van der Waals surface area contributed by atoms with Crippen molar-refractivity contribution < 1.29 is 4.79 Å². The first-order chi connectivity index (χ1) is 13.1. The largest absolute Gasteiger partial charge is 0.377 e. The van der Waals surface area contributed by atoms with Gasteiger partial charge in [0.25, 0.3) is 5.91 Å². The minimum Gasteiger partial charge on any atom is -0.377 e. The van der Waals surface area contributed by atoms with Crippen LogP contribution in [0, 0.1) is 0 Å². The molecule has 1 aliphatic rings. The monoisotopic (exact) mass is 357 g/mol. The highest BCUT2D eigenvalue weighted by molar-refractivity contribution is 6.08. The average molecular weight is 357 g/mol. The molecule has 0 saturated carbocycles. The van der Waals surface area contributed by atoms with Gasteiger partial charge in [-0.25, -0.2) is 0 Å². The fourth-order valence-electron chi connectivity index (χ4n) is 3.72. The first-order valence-corrected chi connectivity index (χ1v) is 9.31. The topological polar surface area (TPSA) is 45.2 Å². The third-order valence-electron chi connectivity index (χ3n) is 5.09. The van der Waals surface area contributed by atoms with Crippen molar-refractivity contribution in [3.63, 3.8) is 0 Å². The van der Waals surface area contributed by atoms with Crippen LogP contribution in [0.1, 0.15) is 41.4 Å². The Morgan fingerprint density at radius 3 is 2.67 bits per heavy atom. The number of para-hydroxylation sites is 1. The highest BCUT2D eigenvalue weighted by Crippen LogP contribution is 2.33. The standard InChI is InChI=1S/C23H23N3O/c1-16-12-19-10-6-7-11-22(19)26(16)23(27)20-13-21(15-24-14-20)25-17(2)18-8-4-3-5-9-18/h3-11,13-17,25H,12H2,1-2H3. The first kappa shape index (κ1) is 17.3. The van der Waals surface area contributed by atoms with Crippen LogP contribution in [0.2, 0.25) is 0 Å². The lowest BCUT2D eigenvalue weighted by atomic mass is 10.1. The van der Waals surface area contributed by atoms with Gasteiger partial charge >= 0.3 is 0 Å². The van der Waals surface area contributed by atoms with E-state index in [1.54, 1.807) is 12.4 Å². The summed E-state index contributed by atoms with van der Waals surface area (Å²) in [6, 6.07) is 20.5. The van der Waals surface area contributed by atoms with Crippen molar-refractivity contribution in [2.75, 3.05) is 10.2 Å². The lowest BCUT2D eigenvalue weighted by Crippen LogP contribution is -2.35. The summed E-state index contributed by atoms with van der Waals surface area (Å²) in [4.78, 5) is 19.4. The number of aromatic nitrogens is 1. The van der Waals surface area contributed by atoms with Crippen molar-refractivity contribution in [3.05, 3.63) is 89.7 Å². The van der Waals surface area contributed by atoms with E-state index in [0.29, 0.717) is 5.56 Å². The molecule has 0 aliphatic carbocycles. The number of benzene rings is 2. The fourth-order valence-corrected chi connectivity index (χ4v) is 3.72. The number of carbonyl (C=O) groups is 1. The maximum atomic E-state index is 13.2. The Balaban J connectivity index is 1.57. The second-order valence-corrected chi connectivity index (χ2v) is 7.10. The van der Waals surface area contributed by atoms with E-state index in [-0.39, 0.29) is 18.0 Å². The van der Waals surface area contributed by atoms with Crippen molar-refractivity contribution >= 4 is 17.3 Å². The first-order valence-electron chi connectivity index (χ1n) is 9.31. The number of fused-ring (bicyclic) bond motifs is 1. The zero-order valence-electron chi connectivity index (χ0n) is 15.6. The van der Waals surface area contributed by atoms with Gasteiger partial charge in [0.15, 0.2) is 0 Å². The number of nitrogens with one attached hydrogen (secondary N) is 1. The Bertz CT molecular complexity index is 955. The maximum absolute atomic E-state index is 13.2. The highest BCUT2D eigenvalue weighted by atomic mass is 16.2. The molecule has 1 amide bonds. The van der Waals surface area contributed by atoms with Crippen LogP contribution >= 0.6 is 0 Å². The van der Waals surface area contributed by atoms with Crippen LogP contribution in [0.4, 0.5) is 11.4 Å². The van der Waals surface area contributed by atoms with Gasteiger partial charge in [0.2, 0.25) is 0 Å². The number of rotatable bonds is 4. The highest BCUT2D eigenvalue weighted by Gasteiger charge is 2.31. The van der Waals surface area contributed by atoms with Crippen LogP contribution in [0.3, 0.4) is 0 Å². The number of pyridine rings is 1. The van der Waals surface area contributed by atoms with Crippen molar-refractivity contribution in [2.45, 2.75) is 32.4 Å². The zero-order valence-corrected chi connectivity index (χ0v) is 15.6. The summed E-state index contributed by atoms with van der Waals surface area (Å²) in [6.07, 6.45) is 4.30. The third kappa shape index (κ3) is 3.43.